The zero-order valence-corrected chi connectivity index (χ0v) is 5.99. The maximum Gasteiger partial charge on any atom is 0.220 e. The zero-order valence-electron chi connectivity index (χ0n) is 5.99. The van der Waals surface area contributed by atoms with Gasteiger partial charge in [0.1, 0.15) is 0 Å². The zero-order chi connectivity index (χ0) is 7.40. The fourth-order valence-corrected chi connectivity index (χ4v) is 1.17. The lowest BCUT2D eigenvalue weighted by molar-refractivity contribution is -0.553. The van der Waals surface area contributed by atoms with E-state index in [2.05, 4.69) is 6.58 Å². The Bertz CT molecular complexity index is 172. The van der Waals surface area contributed by atoms with Gasteiger partial charge >= 0.3 is 0 Å². The molecule has 54 valence electrons. The molecular formula is C8H12NO+. The average molecular weight is 138 g/mol. The Morgan fingerprint density at radius 1 is 1.60 bits per heavy atom. The molecular weight excluding hydrogens is 126 g/mol. The summed E-state index contributed by atoms with van der Waals surface area (Å²) < 4.78 is 1.12. The van der Waals surface area contributed by atoms with Gasteiger partial charge in [0.15, 0.2) is 6.54 Å². The molecule has 0 amide bonds. The highest BCUT2D eigenvalue weighted by Gasteiger charge is 2.28. The highest BCUT2D eigenvalue weighted by atomic mass is 16.3. The largest absolute Gasteiger partial charge is 0.220 e. The Kier molecular flexibility index (Phi) is 2.37. The minimum absolute atomic E-state index is 0.109. The standard InChI is InChI=1S/C8H12NO/c1-2-3-5-8-6-4-7-9(8)10/h2-3,5,8H,1,4,6-7H2/q+1. The molecule has 0 bridgehead atoms. The van der Waals surface area contributed by atoms with Crippen LogP contribution in [0, 0.1) is 4.91 Å². The second-order valence-electron chi connectivity index (χ2n) is 2.47. The molecule has 0 N–H and O–H groups in total. The molecule has 1 aliphatic heterocycles. The van der Waals surface area contributed by atoms with E-state index < -0.39 is 0 Å². The third kappa shape index (κ3) is 1.53. The summed E-state index contributed by atoms with van der Waals surface area (Å²) in [6.07, 6.45) is 7.46. The molecule has 1 rings (SSSR count). The number of nitrogens with zero attached hydrogens (tertiary/aromatic N) is 1. The van der Waals surface area contributed by atoms with Gasteiger partial charge in [0.05, 0.1) is 0 Å². The first-order chi connectivity index (χ1) is 4.84. The van der Waals surface area contributed by atoms with Crippen LogP contribution < -0.4 is 0 Å². The molecule has 0 radical (unpaired) electrons. The maximum absolute atomic E-state index is 10.9. The van der Waals surface area contributed by atoms with Crippen molar-refractivity contribution in [1.82, 2.24) is 0 Å². The predicted octanol–water partition coefficient (Wildman–Crippen LogP) is 1.67. The molecule has 1 saturated heterocycles. The first-order valence-corrected chi connectivity index (χ1v) is 3.57. The molecule has 0 spiro atoms. The molecule has 2 heteroatoms. The van der Waals surface area contributed by atoms with Crippen molar-refractivity contribution in [3.05, 3.63) is 29.7 Å². The molecule has 1 heterocycles. The van der Waals surface area contributed by atoms with Gasteiger partial charge in [0, 0.05) is 22.5 Å². The van der Waals surface area contributed by atoms with Gasteiger partial charge in [-0.25, -0.2) is 0 Å². The van der Waals surface area contributed by atoms with E-state index in [0.717, 1.165) is 17.6 Å². The van der Waals surface area contributed by atoms with Gasteiger partial charge in [0.2, 0.25) is 6.04 Å². The summed E-state index contributed by atoms with van der Waals surface area (Å²) in [5.74, 6) is 0. The van der Waals surface area contributed by atoms with E-state index in [0.29, 0.717) is 6.54 Å². The van der Waals surface area contributed by atoms with Crippen molar-refractivity contribution in [2.45, 2.75) is 18.9 Å². The van der Waals surface area contributed by atoms with E-state index in [4.69, 9.17) is 0 Å². The fourth-order valence-electron chi connectivity index (χ4n) is 1.17. The van der Waals surface area contributed by atoms with E-state index in [-0.39, 0.29) is 6.04 Å². The van der Waals surface area contributed by atoms with E-state index >= 15 is 0 Å². The van der Waals surface area contributed by atoms with Gasteiger partial charge in [-0.2, -0.15) is 0 Å². The van der Waals surface area contributed by atoms with Crippen molar-refractivity contribution in [3.63, 3.8) is 0 Å². The van der Waals surface area contributed by atoms with Crippen LogP contribution in [-0.4, -0.2) is 17.3 Å². The van der Waals surface area contributed by atoms with E-state index in [9.17, 15) is 4.91 Å². The number of rotatable bonds is 2. The minimum Gasteiger partial charge on any atom is -0.0991 e. The molecule has 0 saturated carbocycles. The van der Waals surface area contributed by atoms with Crippen LogP contribution in [0.1, 0.15) is 12.8 Å². The molecule has 1 fully saturated rings. The summed E-state index contributed by atoms with van der Waals surface area (Å²) in [6.45, 7) is 4.23. The smallest absolute Gasteiger partial charge is 0.0991 e. The summed E-state index contributed by atoms with van der Waals surface area (Å²) in [6, 6.07) is 0.109. The quantitative estimate of drug-likeness (QED) is 0.420. The molecule has 1 aliphatic rings. The average Bonchev–Trinajstić information content (AvgIpc) is 2.31. The first kappa shape index (κ1) is 7.19. The van der Waals surface area contributed by atoms with Gasteiger partial charge in [-0.3, -0.25) is 0 Å². The second kappa shape index (κ2) is 3.30. The molecule has 1 atom stereocenters. The Labute approximate surface area is 60.8 Å². The first-order valence-electron chi connectivity index (χ1n) is 3.57. The van der Waals surface area contributed by atoms with Crippen LogP contribution in [0.4, 0.5) is 0 Å². The van der Waals surface area contributed by atoms with Gasteiger partial charge < -0.3 is 0 Å². The fraction of sp³-hybridized carbons (Fsp3) is 0.500. The number of allylic oxidation sites excluding steroid dienone is 2. The Hall–Kier alpha value is -0.920. The second-order valence-corrected chi connectivity index (χ2v) is 2.47. The lowest BCUT2D eigenvalue weighted by Gasteiger charge is -1.88. The minimum atomic E-state index is 0.109. The Morgan fingerprint density at radius 3 is 2.90 bits per heavy atom. The van der Waals surface area contributed by atoms with E-state index in [1.807, 2.05) is 12.2 Å². The van der Waals surface area contributed by atoms with Crippen molar-refractivity contribution in [2.24, 2.45) is 0 Å². The highest BCUT2D eigenvalue weighted by molar-refractivity contribution is 5.01. The molecule has 0 aromatic carbocycles. The van der Waals surface area contributed by atoms with Crippen molar-refractivity contribution in [3.8, 4) is 0 Å². The van der Waals surface area contributed by atoms with E-state index in [1.165, 1.54) is 0 Å². The summed E-state index contributed by atoms with van der Waals surface area (Å²) in [5, 5.41) is 0. The van der Waals surface area contributed by atoms with E-state index in [1.54, 1.807) is 6.08 Å². The third-order valence-electron chi connectivity index (χ3n) is 1.72. The van der Waals surface area contributed by atoms with Crippen LogP contribution in [0.3, 0.4) is 0 Å². The van der Waals surface area contributed by atoms with Crippen molar-refractivity contribution in [2.75, 3.05) is 6.54 Å². The lowest BCUT2D eigenvalue weighted by Crippen LogP contribution is -2.12. The summed E-state index contributed by atoms with van der Waals surface area (Å²) >= 11 is 0. The molecule has 0 aromatic rings. The van der Waals surface area contributed by atoms with Crippen LogP contribution in [0.25, 0.3) is 0 Å². The molecule has 1 unspecified atom stereocenters. The Morgan fingerprint density at radius 2 is 2.40 bits per heavy atom. The summed E-state index contributed by atoms with van der Waals surface area (Å²) in [5.41, 5.74) is 0. The number of nitroso groups, excluding NO2 is 1. The van der Waals surface area contributed by atoms with Gasteiger partial charge in [-0.1, -0.05) is 18.7 Å². The Balaban J connectivity index is 2.47. The highest BCUT2D eigenvalue weighted by Crippen LogP contribution is 2.11. The van der Waals surface area contributed by atoms with Crippen LogP contribution in [0.2, 0.25) is 0 Å². The van der Waals surface area contributed by atoms with Crippen molar-refractivity contribution >= 4 is 0 Å². The van der Waals surface area contributed by atoms with Crippen LogP contribution in [0.15, 0.2) is 24.8 Å². The van der Waals surface area contributed by atoms with Crippen LogP contribution in [-0.2, 0) is 0 Å². The SMILES string of the molecule is C=CC=CC1CCC[N+]1=O. The molecule has 0 aliphatic carbocycles. The third-order valence-corrected chi connectivity index (χ3v) is 1.72. The monoisotopic (exact) mass is 138 g/mol. The number of hydrogen-bond donors (Lipinski definition) is 0. The number of hydrogen-bond acceptors (Lipinski definition) is 1. The van der Waals surface area contributed by atoms with Gasteiger partial charge in [-0.05, 0) is 6.08 Å². The lowest BCUT2D eigenvalue weighted by atomic mass is 10.2. The van der Waals surface area contributed by atoms with Gasteiger partial charge in [0.25, 0.3) is 0 Å². The topological polar surface area (TPSA) is 20.1 Å². The molecule has 2 nitrogen and oxygen atoms in total. The normalized spacial score (nSPS) is 26.0. The summed E-state index contributed by atoms with van der Waals surface area (Å²) in [4.78, 5) is 10.9. The molecule has 0 aromatic heterocycles. The maximum atomic E-state index is 10.9. The van der Waals surface area contributed by atoms with Crippen molar-refractivity contribution < 1.29 is 4.76 Å². The molecule has 10 heavy (non-hydrogen) atoms. The van der Waals surface area contributed by atoms with Crippen molar-refractivity contribution in [1.29, 1.82) is 0 Å². The van der Waals surface area contributed by atoms with Gasteiger partial charge in [-0.15, -0.1) is 0 Å². The van der Waals surface area contributed by atoms with Crippen LogP contribution in [0.5, 0.6) is 0 Å². The van der Waals surface area contributed by atoms with Crippen LogP contribution >= 0.6 is 0 Å². The predicted molar refractivity (Wildman–Crippen MR) is 40.9 cm³/mol. The summed E-state index contributed by atoms with van der Waals surface area (Å²) in [7, 11) is 0.